The fourth-order valence-corrected chi connectivity index (χ4v) is 3.56. The van der Waals surface area contributed by atoms with Crippen LogP contribution in [0.3, 0.4) is 0 Å². The van der Waals surface area contributed by atoms with Crippen LogP contribution in [-0.2, 0) is 0 Å². The number of carbonyl (C=O) groups is 1. The Balaban J connectivity index is 2.48. The van der Waals surface area contributed by atoms with Crippen molar-refractivity contribution in [1.29, 1.82) is 0 Å². The maximum absolute atomic E-state index is 11.8. The van der Waals surface area contributed by atoms with Crippen LogP contribution in [0.4, 0.5) is 0 Å². The first-order valence-electron chi connectivity index (χ1n) is 6.67. The molecule has 0 fully saturated rings. The lowest BCUT2D eigenvalue weighted by molar-refractivity contribution is 0.0698. The molecule has 0 aliphatic carbocycles. The van der Waals surface area contributed by atoms with Gasteiger partial charge in [-0.15, -0.1) is 11.3 Å². The van der Waals surface area contributed by atoms with Crippen LogP contribution in [0, 0.1) is 20.8 Å². The van der Waals surface area contributed by atoms with Crippen molar-refractivity contribution in [1.82, 2.24) is 4.98 Å². The fourth-order valence-electron chi connectivity index (χ4n) is 2.79. The Labute approximate surface area is 126 Å². The minimum atomic E-state index is -0.898. The van der Waals surface area contributed by atoms with Crippen LogP contribution in [0.25, 0.3) is 21.5 Å². The highest BCUT2D eigenvalue weighted by Crippen LogP contribution is 2.33. The van der Waals surface area contributed by atoms with E-state index in [9.17, 15) is 9.90 Å². The Morgan fingerprint density at radius 1 is 1.24 bits per heavy atom. The minimum Gasteiger partial charge on any atom is -0.478 e. The Morgan fingerprint density at radius 2 is 2.00 bits per heavy atom. The number of aromatic carboxylic acids is 1. The monoisotopic (exact) mass is 297 g/mol. The molecule has 0 aliphatic heterocycles. The lowest BCUT2D eigenvalue weighted by Gasteiger charge is -2.13. The molecule has 2 heterocycles. The number of hydrogen-bond donors (Lipinski definition) is 1. The van der Waals surface area contributed by atoms with E-state index in [1.807, 2.05) is 50.4 Å². The second kappa shape index (κ2) is 4.97. The van der Waals surface area contributed by atoms with Gasteiger partial charge in [0.15, 0.2) is 0 Å². The van der Waals surface area contributed by atoms with E-state index in [1.54, 1.807) is 11.3 Å². The van der Waals surface area contributed by atoms with E-state index in [-0.39, 0.29) is 0 Å². The number of carboxylic acid groups (broad SMARTS) is 1. The van der Waals surface area contributed by atoms with Crippen molar-refractivity contribution in [2.24, 2.45) is 0 Å². The Morgan fingerprint density at radius 3 is 2.62 bits per heavy atom. The Hall–Kier alpha value is -2.20. The van der Waals surface area contributed by atoms with E-state index in [2.05, 4.69) is 0 Å². The van der Waals surface area contributed by atoms with Gasteiger partial charge in [0.05, 0.1) is 21.7 Å². The number of hydrogen-bond acceptors (Lipinski definition) is 3. The fraction of sp³-hybridized carbons (Fsp3) is 0.176. The smallest absolute Gasteiger partial charge is 0.336 e. The summed E-state index contributed by atoms with van der Waals surface area (Å²) in [6.45, 7) is 5.77. The first-order chi connectivity index (χ1) is 9.99. The van der Waals surface area contributed by atoms with Crippen LogP contribution in [0.2, 0.25) is 0 Å². The quantitative estimate of drug-likeness (QED) is 0.752. The molecule has 0 unspecified atom stereocenters. The number of aromatic nitrogens is 1. The second-order valence-electron chi connectivity index (χ2n) is 5.22. The molecular weight excluding hydrogens is 282 g/mol. The topological polar surface area (TPSA) is 50.2 Å². The molecule has 0 atom stereocenters. The number of benzene rings is 1. The van der Waals surface area contributed by atoms with Gasteiger partial charge in [0, 0.05) is 5.39 Å². The van der Waals surface area contributed by atoms with E-state index >= 15 is 0 Å². The molecule has 0 bridgehead atoms. The summed E-state index contributed by atoms with van der Waals surface area (Å²) in [5.74, 6) is -0.898. The maximum Gasteiger partial charge on any atom is 0.336 e. The SMILES string of the molecule is Cc1cc(C)c2c(C(=O)O)c(C)c(-c3cccs3)nc2c1. The third kappa shape index (κ3) is 2.21. The van der Waals surface area contributed by atoms with Gasteiger partial charge in [-0.1, -0.05) is 12.1 Å². The third-order valence-corrected chi connectivity index (χ3v) is 4.52. The molecule has 1 aromatic carbocycles. The summed E-state index contributed by atoms with van der Waals surface area (Å²) < 4.78 is 0. The van der Waals surface area contributed by atoms with Gasteiger partial charge in [-0.05, 0) is 55.0 Å². The zero-order valence-corrected chi connectivity index (χ0v) is 12.9. The average Bonchev–Trinajstić information content (AvgIpc) is 2.92. The largest absolute Gasteiger partial charge is 0.478 e. The number of pyridine rings is 1. The molecule has 4 heteroatoms. The van der Waals surface area contributed by atoms with Crippen molar-refractivity contribution in [2.45, 2.75) is 20.8 Å². The van der Waals surface area contributed by atoms with Crippen LogP contribution < -0.4 is 0 Å². The van der Waals surface area contributed by atoms with Crippen LogP contribution >= 0.6 is 11.3 Å². The number of nitrogens with zero attached hydrogens (tertiary/aromatic N) is 1. The van der Waals surface area contributed by atoms with Gasteiger partial charge in [0.25, 0.3) is 0 Å². The molecule has 21 heavy (non-hydrogen) atoms. The highest BCUT2D eigenvalue weighted by molar-refractivity contribution is 7.13. The van der Waals surface area contributed by atoms with Crippen molar-refractivity contribution in [3.63, 3.8) is 0 Å². The van der Waals surface area contributed by atoms with E-state index in [1.165, 1.54) is 0 Å². The lowest BCUT2D eigenvalue weighted by Crippen LogP contribution is -2.06. The molecule has 1 N–H and O–H groups in total. The molecule has 0 aliphatic rings. The van der Waals surface area contributed by atoms with Crippen LogP contribution in [0.5, 0.6) is 0 Å². The lowest BCUT2D eigenvalue weighted by atomic mass is 9.96. The van der Waals surface area contributed by atoms with E-state index in [4.69, 9.17) is 4.98 Å². The third-order valence-electron chi connectivity index (χ3n) is 3.64. The maximum atomic E-state index is 11.8. The second-order valence-corrected chi connectivity index (χ2v) is 6.17. The van der Waals surface area contributed by atoms with Gasteiger partial charge in [0.2, 0.25) is 0 Å². The number of rotatable bonds is 2. The molecule has 0 amide bonds. The van der Waals surface area contributed by atoms with Gasteiger partial charge in [-0.2, -0.15) is 0 Å². The van der Waals surface area contributed by atoms with Crippen molar-refractivity contribution in [3.05, 3.63) is 51.9 Å². The van der Waals surface area contributed by atoms with Crippen molar-refractivity contribution in [2.75, 3.05) is 0 Å². The molecule has 0 saturated carbocycles. The highest BCUT2D eigenvalue weighted by Gasteiger charge is 2.20. The Bertz CT molecular complexity index is 851. The first-order valence-corrected chi connectivity index (χ1v) is 7.55. The predicted molar refractivity (Wildman–Crippen MR) is 86.2 cm³/mol. The van der Waals surface area contributed by atoms with Crippen LogP contribution in [-0.4, -0.2) is 16.1 Å². The zero-order chi connectivity index (χ0) is 15.1. The minimum absolute atomic E-state index is 0.362. The van der Waals surface area contributed by atoms with Gasteiger partial charge >= 0.3 is 5.97 Å². The van der Waals surface area contributed by atoms with E-state index < -0.39 is 5.97 Å². The molecule has 106 valence electrons. The number of thiophene rings is 1. The summed E-state index contributed by atoms with van der Waals surface area (Å²) in [4.78, 5) is 17.5. The number of aryl methyl sites for hydroxylation is 2. The molecule has 0 radical (unpaired) electrons. The summed E-state index contributed by atoms with van der Waals surface area (Å²) in [5.41, 5.74) is 4.64. The first kappa shape index (κ1) is 13.8. The number of carboxylic acids is 1. The van der Waals surface area contributed by atoms with Crippen molar-refractivity contribution >= 4 is 28.2 Å². The number of fused-ring (bicyclic) bond motifs is 1. The summed E-state index contributed by atoms with van der Waals surface area (Å²) in [6.07, 6.45) is 0. The summed E-state index contributed by atoms with van der Waals surface area (Å²) in [7, 11) is 0. The average molecular weight is 297 g/mol. The summed E-state index contributed by atoms with van der Waals surface area (Å²) in [6, 6.07) is 7.87. The molecule has 3 rings (SSSR count). The van der Waals surface area contributed by atoms with Crippen LogP contribution in [0.15, 0.2) is 29.6 Å². The van der Waals surface area contributed by atoms with Gasteiger partial charge < -0.3 is 5.11 Å². The van der Waals surface area contributed by atoms with Gasteiger partial charge in [-0.25, -0.2) is 9.78 Å². The summed E-state index contributed by atoms with van der Waals surface area (Å²) >= 11 is 1.57. The van der Waals surface area contributed by atoms with Crippen molar-refractivity contribution in [3.8, 4) is 10.6 Å². The summed E-state index contributed by atoms with van der Waals surface area (Å²) in [5, 5.41) is 12.4. The predicted octanol–water partition coefficient (Wildman–Crippen LogP) is 4.59. The standard InChI is InChI=1S/C17H15NO2S/c1-9-7-10(2)14-12(8-9)18-16(13-5-4-6-21-13)11(3)15(14)17(19)20/h4-8H,1-3H3,(H,19,20). The molecule has 0 saturated heterocycles. The molecular formula is C17H15NO2S. The van der Waals surface area contributed by atoms with E-state index in [0.717, 1.165) is 38.2 Å². The normalized spacial score (nSPS) is 11.0. The molecule has 3 aromatic rings. The zero-order valence-electron chi connectivity index (χ0n) is 12.1. The Kier molecular flexibility index (Phi) is 3.26. The molecule has 2 aromatic heterocycles. The van der Waals surface area contributed by atoms with Gasteiger partial charge in [-0.3, -0.25) is 0 Å². The van der Waals surface area contributed by atoms with E-state index in [0.29, 0.717) is 5.56 Å². The molecule has 3 nitrogen and oxygen atoms in total. The van der Waals surface area contributed by atoms with Crippen molar-refractivity contribution < 1.29 is 9.90 Å². The van der Waals surface area contributed by atoms with Gasteiger partial charge in [0.1, 0.15) is 0 Å². The van der Waals surface area contributed by atoms with Crippen LogP contribution in [0.1, 0.15) is 27.0 Å². The molecule has 0 spiro atoms. The highest BCUT2D eigenvalue weighted by atomic mass is 32.1.